The van der Waals surface area contributed by atoms with Crippen molar-refractivity contribution in [3.05, 3.63) is 33.8 Å². The third-order valence-corrected chi connectivity index (χ3v) is 4.41. The molecule has 126 valence electrons. The fourth-order valence-corrected chi connectivity index (χ4v) is 3.15. The van der Waals surface area contributed by atoms with Crippen molar-refractivity contribution in [2.24, 2.45) is 0 Å². The van der Waals surface area contributed by atoms with Crippen LogP contribution in [-0.2, 0) is 14.3 Å². The second kappa shape index (κ2) is 7.05. The van der Waals surface area contributed by atoms with E-state index in [1.54, 1.807) is 0 Å². The second-order valence-corrected chi connectivity index (χ2v) is 6.38. The van der Waals surface area contributed by atoms with Crippen LogP contribution < -0.4 is 0 Å². The molecule has 3 N–H and O–H groups in total. The summed E-state index contributed by atoms with van der Waals surface area (Å²) in [4.78, 5) is 23.7. The molecule has 0 amide bonds. The molecular formula is C15H16Cl2O6. The number of aliphatic hydroxyl groups excluding tert-OH is 2. The van der Waals surface area contributed by atoms with Crippen molar-refractivity contribution in [1.82, 2.24) is 0 Å². The standard InChI is InChI=1S/C15H16Cl2O6/c16-8-3-4-10(11(17)6-8)12(19)13(20)23-15(14(21)22)5-1-2-9(18)7-15/h3-4,6,9,12,18-19H,1-2,5,7H2,(H,21,22). The van der Waals surface area contributed by atoms with E-state index >= 15 is 0 Å². The van der Waals surface area contributed by atoms with Crippen molar-refractivity contribution in [2.45, 2.75) is 43.5 Å². The van der Waals surface area contributed by atoms with Crippen LogP contribution in [0.4, 0.5) is 0 Å². The SMILES string of the molecule is O=C(OC1(C(=O)O)CCCC(O)C1)C(O)c1ccc(Cl)cc1Cl. The maximum Gasteiger partial charge on any atom is 0.348 e. The maximum absolute atomic E-state index is 12.2. The van der Waals surface area contributed by atoms with E-state index in [9.17, 15) is 24.9 Å². The molecule has 0 spiro atoms. The zero-order valence-electron chi connectivity index (χ0n) is 12.0. The fraction of sp³-hybridized carbons (Fsp3) is 0.467. The van der Waals surface area contributed by atoms with Crippen LogP contribution in [0.25, 0.3) is 0 Å². The molecule has 1 aromatic rings. The molecule has 0 heterocycles. The van der Waals surface area contributed by atoms with Gasteiger partial charge in [0.15, 0.2) is 6.10 Å². The van der Waals surface area contributed by atoms with E-state index in [1.807, 2.05) is 0 Å². The Labute approximate surface area is 142 Å². The normalized spacial score (nSPS) is 25.7. The number of carboxylic acids is 1. The molecule has 1 aliphatic carbocycles. The van der Waals surface area contributed by atoms with Gasteiger partial charge in [-0.25, -0.2) is 9.59 Å². The fourth-order valence-electron chi connectivity index (χ4n) is 2.64. The van der Waals surface area contributed by atoms with Gasteiger partial charge in [-0.3, -0.25) is 0 Å². The van der Waals surface area contributed by atoms with Crippen LogP contribution in [-0.4, -0.2) is 39.0 Å². The van der Waals surface area contributed by atoms with E-state index < -0.39 is 29.7 Å². The highest BCUT2D eigenvalue weighted by molar-refractivity contribution is 6.35. The average Bonchev–Trinajstić information content (AvgIpc) is 2.46. The number of hydrogen-bond acceptors (Lipinski definition) is 5. The van der Waals surface area contributed by atoms with Crippen LogP contribution in [0.2, 0.25) is 10.0 Å². The van der Waals surface area contributed by atoms with Gasteiger partial charge in [0.25, 0.3) is 0 Å². The number of hydrogen-bond donors (Lipinski definition) is 3. The summed E-state index contributed by atoms with van der Waals surface area (Å²) >= 11 is 11.7. The molecule has 0 aromatic heterocycles. The topological polar surface area (TPSA) is 104 Å². The van der Waals surface area contributed by atoms with Crippen molar-refractivity contribution >= 4 is 35.1 Å². The van der Waals surface area contributed by atoms with Gasteiger partial charge in [-0.15, -0.1) is 0 Å². The van der Waals surface area contributed by atoms with Gasteiger partial charge in [-0.2, -0.15) is 0 Å². The number of carbonyl (C=O) groups is 2. The lowest BCUT2D eigenvalue weighted by atomic mass is 9.83. The molecule has 0 aliphatic heterocycles. The molecule has 0 saturated heterocycles. The Balaban J connectivity index is 2.20. The van der Waals surface area contributed by atoms with Gasteiger partial charge in [0.2, 0.25) is 5.60 Å². The van der Waals surface area contributed by atoms with Crippen LogP contribution in [0.15, 0.2) is 18.2 Å². The largest absolute Gasteiger partial charge is 0.478 e. The van der Waals surface area contributed by atoms with E-state index in [1.165, 1.54) is 18.2 Å². The number of ether oxygens (including phenoxy) is 1. The summed E-state index contributed by atoms with van der Waals surface area (Å²) in [6.07, 6.45) is -1.91. The highest BCUT2D eigenvalue weighted by atomic mass is 35.5. The molecule has 1 aromatic carbocycles. The smallest absolute Gasteiger partial charge is 0.348 e. The van der Waals surface area contributed by atoms with Crippen LogP contribution >= 0.6 is 23.2 Å². The van der Waals surface area contributed by atoms with E-state index in [-0.39, 0.29) is 23.4 Å². The summed E-state index contributed by atoms with van der Waals surface area (Å²) in [6, 6.07) is 4.16. The zero-order chi connectivity index (χ0) is 17.2. The lowest BCUT2D eigenvalue weighted by molar-refractivity contribution is -0.192. The molecule has 8 heteroatoms. The number of aliphatic hydroxyl groups is 2. The molecule has 1 aliphatic rings. The first kappa shape index (κ1) is 18.0. The van der Waals surface area contributed by atoms with Gasteiger partial charge in [0, 0.05) is 22.0 Å². The van der Waals surface area contributed by atoms with E-state index in [0.717, 1.165) is 0 Å². The van der Waals surface area contributed by atoms with Crippen molar-refractivity contribution in [2.75, 3.05) is 0 Å². The Morgan fingerprint density at radius 3 is 2.61 bits per heavy atom. The second-order valence-electron chi connectivity index (χ2n) is 5.54. The molecule has 23 heavy (non-hydrogen) atoms. The van der Waals surface area contributed by atoms with Gasteiger partial charge in [-0.05, 0) is 31.4 Å². The number of rotatable bonds is 4. The lowest BCUT2D eigenvalue weighted by Crippen LogP contribution is -2.49. The van der Waals surface area contributed by atoms with Crippen LogP contribution in [0.1, 0.15) is 37.4 Å². The molecule has 2 rings (SSSR count). The quantitative estimate of drug-likeness (QED) is 0.710. The molecular weight excluding hydrogens is 347 g/mol. The minimum Gasteiger partial charge on any atom is -0.478 e. The first-order chi connectivity index (χ1) is 10.7. The predicted octanol–water partition coefficient (Wildman–Crippen LogP) is 2.33. The Bertz CT molecular complexity index is 620. The average molecular weight is 363 g/mol. The third kappa shape index (κ3) is 3.95. The van der Waals surface area contributed by atoms with Crippen LogP contribution in [0.5, 0.6) is 0 Å². The number of aliphatic carboxylic acids is 1. The molecule has 0 radical (unpaired) electrons. The van der Waals surface area contributed by atoms with Crippen molar-refractivity contribution < 1.29 is 29.6 Å². The van der Waals surface area contributed by atoms with E-state index in [4.69, 9.17) is 27.9 Å². The van der Waals surface area contributed by atoms with Crippen molar-refractivity contribution in [3.8, 4) is 0 Å². The number of carbonyl (C=O) groups excluding carboxylic acids is 1. The summed E-state index contributed by atoms with van der Waals surface area (Å²) < 4.78 is 5.07. The van der Waals surface area contributed by atoms with Gasteiger partial charge in [0.1, 0.15) is 0 Å². The lowest BCUT2D eigenvalue weighted by Gasteiger charge is -2.35. The van der Waals surface area contributed by atoms with Crippen LogP contribution in [0, 0.1) is 0 Å². The summed E-state index contributed by atoms with van der Waals surface area (Å²) in [5.74, 6) is -2.48. The van der Waals surface area contributed by atoms with E-state index in [0.29, 0.717) is 17.9 Å². The molecule has 3 unspecified atom stereocenters. The van der Waals surface area contributed by atoms with Gasteiger partial charge < -0.3 is 20.1 Å². The van der Waals surface area contributed by atoms with Crippen LogP contribution in [0.3, 0.4) is 0 Å². The summed E-state index contributed by atoms with van der Waals surface area (Å²) in [5.41, 5.74) is -1.77. The monoisotopic (exact) mass is 362 g/mol. The molecule has 1 fully saturated rings. The first-order valence-electron chi connectivity index (χ1n) is 7.02. The van der Waals surface area contributed by atoms with Gasteiger partial charge in [-0.1, -0.05) is 29.3 Å². The highest BCUT2D eigenvalue weighted by Crippen LogP contribution is 2.35. The van der Waals surface area contributed by atoms with Crippen molar-refractivity contribution in [3.63, 3.8) is 0 Å². The minimum atomic E-state index is -1.84. The Morgan fingerprint density at radius 2 is 2.04 bits per heavy atom. The Morgan fingerprint density at radius 1 is 1.35 bits per heavy atom. The summed E-state index contributed by atoms with van der Waals surface area (Å²) in [5, 5.41) is 29.6. The molecule has 6 nitrogen and oxygen atoms in total. The minimum absolute atomic E-state index is 0.0648. The Kier molecular flexibility index (Phi) is 5.52. The maximum atomic E-state index is 12.2. The number of carboxylic acid groups (broad SMARTS) is 1. The van der Waals surface area contributed by atoms with Crippen molar-refractivity contribution in [1.29, 1.82) is 0 Å². The number of halogens is 2. The Hall–Kier alpha value is -1.34. The zero-order valence-corrected chi connectivity index (χ0v) is 13.5. The molecule has 0 bridgehead atoms. The highest BCUT2D eigenvalue weighted by Gasteiger charge is 2.47. The number of benzene rings is 1. The third-order valence-electron chi connectivity index (χ3n) is 3.85. The van der Waals surface area contributed by atoms with E-state index in [2.05, 4.69) is 0 Å². The molecule has 3 atom stereocenters. The van der Waals surface area contributed by atoms with Gasteiger partial charge >= 0.3 is 11.9 Å². The van der Waals surface area contributed by atoms with Gasteiger partial charge in [0.05, 0.1) is 6.10 Å². The number of esters is 1. The summed E-state index contributed by atoms with van der Waals surface area (Å²) in [6.45, 7) is 0. The first-order valence-corrected chi connectivity index (χ1v) is 7.78. The summed E-state index contributed by atoms with van der Waals surface area (Å²) in [7, 11) is 0. The predicted molar refractivity (Wildman–Crippen MR) is 82.4 cm³/mol. The molecule has 1 saturated carbocycles.